The Hall–Kier alpha value is -8.19. The fourth-order valence-electron chi connectivity index (χ4n) is 12.1. The number of aliphatic hydroxyl groups excluding tert-OH is 6. The topological polar surface area (TPSA) is 418 Å². The molecule has 488 valence electrons. The van der Waals surface area contributed by atoms with E-state index in [4.69, 9.17) is 16.2 Å². The highest BCUT2D eigenvalue weighted by atomic mass is 32.1. The maximum Gasteiger partial charge on any atom is 0.251 e. The van der Waals surface area contributed by atoms with Crippen molar-refractivity contribution in [3.8, 4) is 32.6 Å². The smallest absolute Gasteiger partial charge is 0.251 e. The van der Waals surface area contributed by atoms with Crippen molar-refractivity contribution in [1.82, 2.24) is 46.6 Å². The number of β-amino-alcohol motifs (C(OH)–C–C–N with tert-alkyl or cyclic N) is 1. The predicted octanol–water partition coefficient (Wildman–Crippen LogP) is -1.40. The summed E-state index contributed by atoms with van der Waals surface area (Å²) >= 11 is 1.34. The molecule has 4 aromatic carbocycles. The first kappa shape index (κ1) is 67.2. The lowest BCUT2D eigenvalue weighted by molar-refractivity contribution is -0.147. The van der Waals surface area contributed by atoms with Gasteiger partial charge in [0.15, 0.2) is 11.5 Å². The number of nitrogens with zero attached hydrogens (tertiary/aromatic N) is 5. The second kappa shape index (κ2) is 30.3. The highest BCUT2D eigenvalue weighted by Crippen LogP contribution is 2.35. The molecule has 4 fully saturated rings. The van der Waals surface area contributed by atoms with Crippen LogP contribution in [0, 0.1) is 5.92 Å². The van der Waals surface area contributed by atoms with Crippen LogP contribution in [0.4, 0.5) is 5.69 Å². The number of amides is 7. The van der Waals surface area contributed by atoms with E-state index in [0.29, 0.717) is 21.5 Å². The van der Waals surface area contributed by atoms with Crippen molar-refractivity contribution in [3.63, 3.8) is 0 Å². The number of ether oxygens (including phenoxy) is 1. The Morgan fingerprint density at radius 2 is 1.36 bits per heavy atom. The number of anilines is 1. The number of carbonyl (C=O) groups is 7. The molecule has 4 saturated heterocycles. The van der Waals surface area contributed by atoms with Crippen LogP contribution in [0.1, 0.15) is 73.4 Å². The lowest BCUT2D eigenvalue weighted by atomic mass is 9.89. The Morgan fingerprint density at radius 3 is 2.01 bits per heavy atom. The standard InChI is InChI=1S/C63H80N12O15S/c1-33-31-75-53(54(33)82)59(87)66-30-42(77)28-44(67-55(83)38-9-11-39(12-10-38)60-71-72-61(91-60)40-13-15-41(16-14-40)73-23-19-37(20-24-73)36-6-4-3-5-7-36)56(84)68-50(34(2)76)62(88)74-32-43(78)29-45(74)57(85)69-51(58(86)70-52(63(75)89)47(80)18-21-64)48(81)26-35-8-17-46(79)49(27-35)90-25-22-65/h3-17,27,33-34,37,42-45,47-48,50-54,76-82H,18-26,28-32,64-65H2,1-2H3,(H,66,87)(H,67,83)(H,68,84)(H,69,85)(H,70,86)/t33-,34+,42+,43+,44-,45-,47+,48+,50-,51-,52-,53-,54-/m0/s1. The molecule has 16 N–H and O–H groups in total. The van der Waals surface area contributed by atoms with E-state index in [9.17, 15) is 69.3 Å². The van der Waals surface area contributed by atoms with Gasteiger partial charge in [0.05, 0.1) is 36.6 Å². The van der Waals surface area contributed by atoms with Crippen LogP contribution in [0.2, 0.25) is 0 Å². The van der Waals surface area contributed by atoms with Gasteiger partial charge in [0, 0.05) is 86.8 Å². The number of aliphatic hydroxyl groups is 6. The van der Waals surface area contributed by atoms with Gasteiger partial charge >= 0.3 is 0 Å². The number of aromatic nitrogens is 2. The zero-order chi connectivity index (χ0) is 65.2. The monoisotopic (exact) mass is 1280 g/mol. The Labute approximate surface area is 529 Å². The molecule has 0 unspecified atom stereocenters. The number of nitrogens with two attached hydrogens (primary N) is 2. The largest absolute Gasteiger partial charge is 0.504 e. The minimum absolute atomic E-state index is 0.00439. The molecule has 13 atom stereocenters. The lowest BCUT2D eigenvalue weighted by Gasteiger charge is -2.34. The van der Waals surface area contributed by atoms with E-state index in [2.05, 4.69) is 78.1 Å². The van der Waals surface area contributed by atoms with E-state index in [1.54, 1.807) is 12.1 Å². The summed E-state index contributed by atoms with van der Waals surface area (Å²) in [5.41, 5.74) is 15.7. The average molecular weight is 1280 g/mol. The maximum atomic E-state index is 14.7. The number of rotatable bonds is 16. The maximum absolute atomic E-state index is 14.7. The molecule has 7 amide bonds. The summed E-state index contributed by atoms with van der Waals surface area (Å²) in [5.74, 6) is -8.10. The Morgan fingerprint density at radius 1 is 0.725 bits per heavy atom. The number of phenols is 1. The average Bonchev–Trinajstić information content (AvgIpc) is 1.84. The van der Waals surface area contributed by atoms with Gasteiger partial charge in [-0.3, -0.25) is 33.6 Å². The summed E-state index contributed by atoms with van der Waals surface area (Å²) in [6.07, 6.45) is -9.73. The zero-order valence-corrected chi connectivity index (χ0v) is 51.2. The number of fused-ring (bicyclic) bond motifs is 2. The molecule has 91 heavy (non-hydrogen) atoms. The molecular formula is C63H80N12O15S. The number of aromatic hydroxyl groups is 1. The minimum atomic E-state index is -2.04. The number of benzene rings is 4. The summed E-state index contributed by atoms with van der Waals surface area (Å²) < 4.78 is 5.52. The zero-order valence-electron chi connectivity index (χ0n) is 50.4. The highest BCUT2D eigenvalue weighted by molar-refractivity contribution is 7.17. The molecule has 28 heteroatoms. The number of nitrogens with one attached hydrogen (secondary N) is 5. The van der Waals surface area contributed by atoms with Crippen molar-refractivity contribution >= 4 is 58.4 Å². The van der Waals surface area contributed by atoms with Crippen LogP contribution in [0.25, 0.3) is 21.1 Å². The number of carbonyl (C=O) groups excluding carboxylic acids is 7. The number of hydrogen-bond donors (Lipinski definition) is 14. The molecule has 27 nitrogen and oxygen atoms in total. The third-order valence-corrected chi connectivity index (χ3v) is 18.1. The van der Waals surface area contributed by atoms with Gasteiger partial charge < -0.3 is 93.2 Å². The minimum Gasteiger partial charge on any atom is -0.504 e. The molecule has 0 aliphatic carbocycles. The molecule has 1 aromatic heterocycles. The highest BCUT2D eigenvalue weighted by Gasteiger charge is 2.50. The third-order valence-electron chi connectivity index (χ3n) is 17.1. The van der Waals surface area contributed by atoms with Gasteiger partial charge in [0.1, 0.15) is 52.9 Å². The molecule has 0 bridgehead atoms. The molecule has 5 heterocycles. The second-order valence-corrected chi connectivity index (χ2v) is 24.7. The van der Waals surface area contributed by atoms with Crippen molar-refractivity contribution in [3.05, 3.63) is 114 Å². The van der Waals surface area contributed by atoms with Crippen molar-refractivity contribution in [1.29, 1.82) is 0 Å². The van der Waals surface area contributed by atoms with Crippen molar-refractivity contribution < 1.29 is 74.0 Å². The summed E-state index contributed by atoms with van der Waals surface area (Å²) in [6, 6.07) is 18.0. The van der Waals surface area contributed by atoms with E-state index < -0.39 is 152 Å². The Bertz CT molecular complexity index is 3360. The first-order chi connectivity index (χ1) is 43.6. The quantitative estimate of drug-likeness (QED) is 0.0540. The van der Waals surface area contributed by atoms with E-state index in [0.717, 1.165) is 53.9 Å². The van der Waals surface area contributed by atoms with Crippen molar-refractivity contribution in [2.75, 3.05) is 57.3 Å². The number of hydrogen-bond acceptors (Lipinski definition) is 21. The van der Waals surface area contributed by atoms with Crippen molar-refractivity contribution in [2.45, 2.75) is 131 Å². The molecule has 4 aliphatic heterocycles. The summed E-state index contributed by atoms with van der Waals surface area (Å²) in [4.78, 5) is 106. The van der Waals surface area contributed by atoms with Crippen LogP contribution in [-0.4, -0.2) is 222 Å². The van der Waals surface area contributed by atoms with E-state index in [1.807, 2.05) is 18.2 Å². The predicted molar refractivity (Wildman–Crippen MR) is 333 cm³/mol. The van der Waals surface area contributed by atoms with Crippen LogP contribution >= 0.6 is 11.3 Å². The van der Waals surface area contributed by atoms with Crippen LogP contribution in [-0.2, 0) is 35.2 Å². The van der Waals surface area contributed by atoms with Gasteiger partial charge in [0.25, 0.3) is 5.91 Å². The van der Waals surface area contributed by atoms with E-state index in [1.165, 1.54) is 54.2 Å². The van der Waals surface area contributed by atoms with E-state index in [-0.39, 0.29) is 55.3 Å². The molecule has 0 saturated carbocycles. The summed E-state index contributed by atoms with van der Waals surface area (Å²) in [7, 11) is 0. The first-order valence-electron chi connectivity index (χ1n) is 30.5. The molecular weight excluding hydrogens is 1200 g/mol. The van der Waals surface area contributed by atoms with Crippen LogP contribution in [0.5, 0.6) is 11.5 Å². The molecule has 4 aliphatic rings. The summed E-state index contributed by atoms with van der Waals surface area (Å²) in [5, 5.41) is 101. The fourth-order valence-corrected chi connectivity index (χ4v) is 12.9. The number of phenolic OH excluding ortho intramolecular Hbond substituents is 1. The van der Waals surface area contributed by atoms with Crippen LogP contribution < -0.4 is 47.7 Å². The van der Waals surface area contributed by atoms with Crippen LogP contribution in [0.3, 0.4) is 0 Å². The van der Waals surface area contributed by atoms with E-state index >= 15 is 0 Å². The molecule has 0 spiro atoms. The normalized spacial score (nSPS) is 26.1. The Kier molecular flexibility index (Phi) is 22.4. The third kappa shape index (κ3) is 16.1. The van der Waals surface area contributed by atoms with Gasteiger partial charge in [0.2, 0.25) is 35.4 Å². The molecule has 0 radical (unpaired) electrons. The first-order valence-corrected chi connectivity index (χ1v) is 31.3. The SMILES string of the molecule is C[C@@H](O)[C@@H]1NC(=O)[C@@H](NC(=O)c2ccc(-c3nnc(-c4ccc(N5CCC(c6ccccc6)CC5)cc4)s3)cc2)C[C@@H](O)CNC(=O)[C@@H]2[C@@H](O)[C@@H](C)CN2C(=O)[C@H]([C@H](O)CCN)NC(=O)[C@H]([C@H](O)Cc2ccc(O)c(OCCN)c2)NC(=O)[C@@H]2C[C@@H](O)CN2C1=O. The van der Waals surface area contributed by atoms with Gasteiger partial charge in [-0.25, -0.2) is 0 Å². The Balaban J connectivity index is 0.959. The summed E-state index contributed by atoms with van der Waals surface area (Å²) in [6.45, 7) is 2.96. The van der Waals surface area contributed by atoms with Gasteiger partial charge in [-0.1, -0.05) is 66.8 Å². The lowest BCUT2D eigenvalue weighted by Crippen LogP contribution is -2.64. The number of piperidine rings is 1. The van der Waals surface area contributed by atoms with Gasteiger partial charge in [-0.2, -0.15) is 0 Å². The van der Waals surface area contributed by atoms with Gasteiger partial charge in [-0.15, -0.1) is 10.2 Å². The fraction of sp³-hybridized carbons (Fsp3) is 0.476. The van der Waals surface area contributed by atoms with Crippen molar-refractivity contribution in [2.24, 2.45) is 17.4 Å². The van der Waals surface area contributed by atoms with Gasteiger partial charge in [-0.05, 0) is 98.3 Å². The second-order valence-electron chi connectivity index (χ2n) is 23.7. The van der Waals surface area contributed by atoms with Crippen LogP contribution in [0.15, 0.2) is 97.1 Å². The molecule has 5 aromatic rings. The molecule has 9 rings (SSSR count).